The molecule has 3 heteroatoms. The molecule has 3 nitrogen and oxygen atoms in total. The number of rotatable bonds is 4. The van der Waals surface area contributed by atoms with Crippen LogP contribution < -0.4 is 5.32 Å². The molecule has 0 aliphatic carbocycles. The molecule has 2 atom stereocenters. The van der Waals surface area contributed by atoms with Crippen LogP contribution in [0.5, 0.6) is 0 Å². The summed E-state index contributed by atoms with van der Waals surface area (Å²) >= 11 is 0. The zero-order valence-electron chi connectivity index (χ0n) is 9.66. The van der Waals surface area contributed by atoms with Crippen molar-refractivity contribution in [2.75, 3.05) is 40.3 Å². The van der Waals surface area contributed by atoms with Crippen molar-refractivity contribution >= 4 is 0 Å². The van der Waals surface area contributed by atoms with Crippen molar-refractivity contribution in [1.82, 2.24) is 15.1 Å². The van der Waals surface area contributed by atoms with E-state index in [2.05, 4.69) is 35.7 Å². The van der Waals surface area contributed by atoms with Crippen molar-refractivity contribution in [2.24, 2.45) is 0 Å². The highest BCUT2D eigenvalue weighted by Gasteiger charge is 2.27. The van der Waals surface area contributed by atoms with E-state index in [4.69, 9.17) is 0 Å². The van der Waals surface area contributed by atoms with Crippen molar-refractivity contribution in [2.45, 2.75) is 19.0 Å². The van der Waals surface area contributed by atoms with Crippen LogP contribution in [-0.2, 0) is 0 Å². The lowest BCUT2D eigenvalue weighted by Crippen LogP contribution is -2.58. The molecule has 0 bridgehead atoms. The first-order valence-electron chi connectivity index (χ1n) is 5.38. The summed E-state index contributed by atoms with van der Waals surface area (Å²) in [5.41, 5.74) is 0. The van der Waals surface area contributed by atoms with Gasteiger partial charge < -0.3 is 5.32 Å². The van der Waals surface area contributed by atoms with Crippen LogP contribution in [0.2, 0.25) is 0 Å². The van der Waals surface area contributed by atoms with E-state index in [1.165, 1.54) is 0 Å². The molecule has 1 heterocycles. The van der Waals surface area contributed by atoms with Crippen LogP contribution in [0.1, 0.15) is 6.92 Å². The van der Waals surface area contributed by atoms with E-state index in [9.17, 15) is 0 Å². The molecule has 0 saturated carbocycles. The summed E-state index contributed by atoms with van der Waals surface area (Å²) in [6.07, 6.45) is 2.00. The molecule has 0 aromatic rings. The standard InChI is InChI=1S/C11H23N3/c1-5-6-14-9-11(7-12-3)13(4)8-10(14)2/h5,10-12H,1,6-9H2,2-4H3. The lowest BCUT2D eigenvalue weighted by atomic mass is 10.1. The van der Waals surface area contributed by atoms with E-state index in [-0.39, 0.29) is 0 Å². The monoisotopic (exact) mass is 197 g/mol. The summed E-state index contributed by atoms with van der Waals surface area (Å²) < 4.78 is 0. The van der Waals surface area contributed by atoms with Gasteiger partial charge in [0.1, 0.15) is 0 Å². The highest BCUT2D eigenvalue weighted by atomic mass is 15.3. The minimum absolute atomic E-state index is 0.635. The molecule has 0 aromatic heterocycles. The van der Waals surface area contributed by atoms with E-state index in [1.54, 1.807) is 0 Å². The van der Waals surface area contributed by atoms with Crippen LogP contribution in [0.3, 0.4) is 0 Å². The predicted molar refractivity (Wildman–Crippen MR) is 61.6 cm³/mol. The fourth-order valence-electron chi connectivity index (χ4n) is 2.15. The molecule has 1 fully saturated rings. The van der Waals surface area contributed by atoms with Crippen molar-refractivity contribution < 1.29 is 0 Å². The highest BCUT2D eigenvalue weighted by Crippen LogP contribution is 2.12. The average Bonchev–Trinajstić information content (AvgIpc) is 2.14. The summed E-state index contributed by atoms with van der Waals surface area (Å²) in [5, 5.41) is 3.25. The highest BCUT2D eigenvalue weighted by molar-refractivity contribution is 4.88. The quantitative estimate of drug-likeness (QED) is 0.658. The molecule has 2 unspecified atom stereocenters. The molecule has 1 rings (SSSR count). The Hall–Kier alpha value is -0.380. The van der Waals surface area contributed by atoms with Crippen LogP contribution in [-0.4, -0.2) is 62.2 Å². The summed E-state index contributed by atoms with van der Waals surface area (Å²) in [5.74, 6) is 0. The number of hydrogen-bond acceptors (Lipinski definition) is 3. The zero-order chi connectivity index (χ0) is 10.6. The second-order valence-electron chi connectivity index (χ2n) is 4.24. The van der Waals surface area contributed by atoms with Gasteiger partial charge in [-0.1, -0.05) is 6.08 Å². The maximum atomic E-state index is 3.81. The Morgan fingerprint density at radius 3 is 2.79 bits per heavy atom. The molecule has 1 N–H and O–H groups in total. The molecule has 0 aromatic carbocycles. The number of hydrogen-bond donors (Lipinski definition) is 1. The minimum atomic E-state index is 0.635. The molecular formula is C11H23N3. The van der Waals surface area contributed by atoms with E-state index in [0.717, 1.165) is 26.2 Å². The Kier molecular flexibility index (Phi) is 4.58. The van der Waals surface area contributed by atoms with E-state index in [0.29, 0.717) is 12.1 Å². The lowest BCUT2D eigenvalue weighted by Gasteiger charge is -2.43. The van der Waals surface area contributed by atoms with Crippen LogP contribution in [0, 0.1) is 0 Å². The molecule has 0 spiro atoms. The third kappa shape index (κ3) is 2.80. The first-order chi connectivity index (χ1) is 6.69. The van der Waals surface area contributed by atoms with Gasteiger partial charge >= 0.3 is 0 Å². The zero-order valence-corrected chi connectivity index (χ0v) is 9.66. The van der Waals surface area contributed by atoms with Crippen LogP contribution in [0.4, 0.5) is 0 Å². The largest absolute Gasteiger partial charge is 0.318 e. The summed E-state index contributed by atoms with van der Waals surface area (Å²) in [7, 11) is 4.23. The van der Waals surface area contributed by atoms with Crippen molar-refractivity contribution in [1.29, 1.82) is 0 Å². The van der Waals surface area contributed by atoms with Crippen LogP contribution in [0.15, 0.2) is 12.7 Å². The van der Waals surface area contributed by atoms with Gasteiger partial charge in [0, 0.05) is 38.3 Å². The van der Waals surface area contributed by atoms with Gasteiger partial charge in [-0.2, -0.15) is 0 Å². The third-order valence-electron chi connectivity index (χ3n) is 3.05. The van der Waals surface area contributed by atoms with Gasteiger partial charge in [0.05, 0.1) is 0 Å². The number of nitrogens with zero attached hydrogens (tertiary/aromatic N) is 2. The van der Waals surface area contributed by atoms with Gasteiger partial charge in [0.2, 0.25) is 0 Å². The lowest BCUT2D eigenvalue weighted by molar-refractivity contribution is 0.0616. The fourth-order valence-corrected chi connectivity index (χ4v) is 2.15. The Morgan fingerprint density at radius 2 is 2.21 bits per heavy atom. The van der Waals surface area contributed by atoms with Gasteiger partial charge in [-0.25, -0.2) is 0 Å². The smallest absolute Gasteiger partial charge is 0.0345 e. The Bertz CT molecular complexity index is 181. The number of nitrogens with one attached hydrogen (secondary N) is 1. The fraction of sp³-hybridized carbons (Fsp3) is 0.818. The van der Waals surface area contributed by atoms with E-state index in [1.807, 2.05) is 13.1 Å². The predicted octanol–water partition coefficient (Wildman–Crippen LogP) is 0.396. The molecule has 82 valence electrons. The van der Waals surface area contributed by atoms with E-state index < -0.39 is 0 Å². The minimum Gasteiger partial charge on any atom is -0.318 e. The Balaban J connectivity index is 2.50. The van der Waals surface area contributed by atoms with Gasteiger partial charge in [-0.05, 0) is 21.0 Å². The van der Waals surface area contributed by atoms with Gasteiger partial charge in [0.15, 0.2) is 0 Å². The molecule has 1 aliphatic heterocycles. The maximum Gasteiger partial charge on any atom is 0.0345 e. The molecular weight excluding hydrogens is 174 g/mol. The number of likely N-dealkylation sites (N-methyl/N-ethyl adjacent to an activating group) is 2. The SMILES string of the molecule is C=CCN1CC(CNC)N(C)CC1C. The summed E-state index contributed by atoms with van der Waals surface area (Å²) in [6.45, 7) is 10.5. The third-order valence-corrected chi connectivity index (χ3v) is 3.05. The van der Waals surface area contributed by atoms with Gasteiger partial charge in [-0.3, -0.25) is 9.80 Å². The second kappa shape index (κ2) is 5.49. The molecule has 14 heavy (non-hydrogen) atoms. The van der Waals surface area contributed by atoms with Crippen molar-refractivity contribution in [3.05, 3.63) is 12.7 Å². The second-order valence-corrected chi connectivity index (χ2v) is 4.24. The molecule has 0 amide bonds. The molecule has 1 aliphatic rings. The maximum absolute atomic E-state index is 3.81. The normalized spacial score (nSPS) is 30.5. The molecule has 0 radical (unpaired) electrons. The van der Waals surface area contributed by atoms with Crippen LogP contribution in [0.25, 0.3) is 0 Å². The summed E-state index contributed by atoms with van der Waals surface area (Å²) in [4.78, 5) is 4.94. The topological polar surface area (TPSA) is 18.5 Å². The Morgan fingerprint density at radius 1 is 1.50 bits per heavy atom. The Labute approximate surface area is 87.8 Å². The van der Waals surface area contributed by atoms with Crippen LogP contribution >= 0.6 is 0 Å². The van der Waals surface area contributed by atoms with Crippen molar-refractivity contribution in [3.63, 3.8) is 0 Å². The first-order valence-corrected chi connectivity index (χ1v) is 5.38. The van der Waals surface area contributed by atoms with Gasteiger partial charge in [0.25, 0.3) is 0 Å². The molecule has 1 saturated heterocycles. The first kappa shape index (κ1) is 11.7. The average molecular weight is 197 g/mol. The van der Waals surface area contributed by atoms with Crippen molar-refractivity contribution in [3.8, 4) is 0 Å². The summed E-state index contributed by atoms with van der Waals surface area (Å²) in [6, 6.07) is 1.28. The van der Waals surface area contributed by atoms with E-state index >= 15 is 0 Å². The van der Waals surface area contributed by atoms with Gasteiger partial charge in [-0.15, -0.1) is 6.58 Å². The number of piperazine rings is 1.